The fourth-order valence-electron chi connectivity index (χ4n) is 1.91. The first-order valence-corrected chi connectivity index (χ1v) is 5.27. The molecule has 3 atom stereocenters. The third-order valence-corrected chi connectivity index (χ3v) is 2.79. The molecule has 4 heteroatoms. The Bertz CT molecular complexity index is 249. The summed E-state index contributed by atoms with van der Waals surface area (Å²) in [6.45, 7) is 3.35. The van der Waals surface area contributed by atoms with E-state index in [1.54, 1.807) is 13.8 Å². The molecule has 0 saturated carbocycles. The van der Waals surface area contributed by atoms with Crippen molar-refractivity contribution < 1.29 is 19.1 Å². The van der Waals surface area contributed by atoms with Crippen LogP contribution in [0.15, 0.2) is 0 Å². The van der Waals surface area contributed by atoms with E-state index < -0.39 is 0 Å². The molecule has 0 aliphatic carbocycles. The van der Waals surface area contributed by atoms with Crippen molar-refractivity contribution in [2.75, 3.05) is 7.11 Å². The lowest BCUT2D eigenvalue weighted by Crippen LogP contribution is -2.27. The third kappa shape index (κ3) is 3.30. The van der Waals surface area contributed by atoms with Gasteiger partial charge in [0.1, 0.15) is 5.78 Å². The summed E-state index contributed by atoms with van der Waals surface area (Å²) in [5.74, 6) is -0.359. The smallest absolute Gasteiger partial charge is 0.311 e. The molecule has 15 heavy (non-hydrogen) atoms. The number of hydrogen-bond donors (Lipinski definition) is 0. The molecule has 0 bridgehead atoms. The van der Waals surface area contributed by atoms with Crippen molar-refractivity contribution in [3.05, 3.63) is 0 Å². The van der Waals surface area contributed by atoms with Gasteiger partial charge in [-0.05, 0) is 26.7 Å². The van der Waals surface area contributed by atoms with Crippen molar-refractivity contribution in [2.45, 2.75) is 45.3 Å². The van der Waals surface area contributed by atoms with E-state index in [4.69, 9.17) is 4.74 Å². The summed E-state index contributed by atoms with van der Waals surface area (Å²) >= 11 is 0. The molecule has 0 unspecified atom stereocenters. The monoisotopic (exact) mass is 214 g/mol. The number of carbonyl (C=O) groups excluding carboxylic acids is 2. The molecule has 1 aliphatic rings. The van der Waals surface area contributed by atoms with Crippen LogP contribution in [0.25, 0.3) is 0 Å². The molecule has 0 aromatic carbocycles. The van der Waals surface area contributed by atoms with Gasteiger partial charge < -0.3 is 9.47 Å². The quantitative estimate of drug-likeness (QED) is 0.662. The summed E-state index contributed by atoms with van der Waals surface area (Å²) in [5.41, 5.74) is 0. The Morgan fingerprint density at radius 2 is 2.13 bits per heavy atom. The van der Waals surface area contributed by atoms with E-state index >= 15 is 0 Å². The Balaban J connectivity index is 2.41. The van der Waals surface area contributed by atoms with Gasteiger partial charge in [-0.25, -0.2) is 0 Å². The normalized spacial score (nSPS) is 27.4. The summed E-state index contributed by atoms with van der Waals surface area (Å²) in [6.07, 6.45) is 2.02. The Kier molecular flexibility index (Phi) is 4.27. The topological polar surface area (TPSA) is 52.6 Å². The van der Waals surface area contributed by atoms with Crippen molar-refractivity contribution in [3.8, 4) is 0 Å². The highest BCUT2D eigenvalue weighted by Gasteiger charge is 2.33. The molecule has 1 saturated heterocycles. The molecule has 86 valence electrons. The van der Waals surface area contributed by atoms with Crippen LogP contribution in [-0.2, 0) is 19.1 Å². The van der Waals surface area contributed by atoms with Gasteiger partial charge in [0.05, 0.1) is 25.2 Å². The van der Waals surface area contributed by atoms with Gasteiger partial charge in [0.15, 0.2) is 0 Å². The van der Waals surface area contributed by atoms with Gasteiger partial charge in [0.2, 0.25) is 0 Å². The Morgan fingerprint density at radius 1 is 1.47 bits per heavy atom. The van der Waals surface area contributed by atoms with Crippen molar-refractivity contribution in [3.63, 3.8) is 0 Å². The minimum Gasteiger partial charge on any atom is -0.469 e. The first kappa shape index (κ1) is 12.2. The predicted octanol–water partition coefficient (Wildman–Crippen LogP) is 1.32. The number of ether oxygens (including phenoxy) is 2. The summed E-state index contributed by atoms with van der Waals surface area (Å²) in [6, 6.07) is 0. The molecule has 0 aromatic heterocycles. The minimum absolute atomic E-state index is 0.0143. The lowest BCUT2D eigenvalue weighted by atomic mass is 10.0. The third-order valence-electron chi connectivity index (χ3n) is 2.79. The van der Waals surface area contributed by atoms with Gasteiger partial charge in [-0.15, -0.1) is 0 Å². The first-order chi connectivity index (χ1) is 7.04. The molecule has 0 spiro atoms. The van der Waals surface area contributed by atoms with E-state index in [-0.39, 0.29) is 29.9 Å². The fourth-order valence-corrected chi connectivity index (χ4v) is 1.91. The number of Topliss-reactive ketones (excluding diaryl/α,β-unsaturated/α-hetero) is 1. The van der Waals surface area contributed by atoms with Gasteiger partial charge in [-0.1, -0.05) is 0 Å². The predicted molar refractivity (Wildman–Crippen MR) is 54.4 cm³/mol. The average molecular weight is 214 g/mol. The van der Waals surface area contributed by atoms with Gasteiger partial charge in [0.25, 0.3) is 0 Å². The number of ketones is 1. The Labute approximate surface area is 89.9 Å². The van der Waals surface area contributed by atoms with E-state index in [1.165, 1.54) is 7.11 Å². The molecule has 1 heterocycles. The van der Waals surface area contributed by atoms with Gasteiger partial charge in [-0.3, -0.25) is 9.59 Å². The number of rotatable bonds is 4. The highest BCUT2D eigenvalue weighted by molar-refractivity contribution is 5.76. The maximum Gasteiger partial charge on any atom is 0.311 e. The second-order valence-corrected chi connectivity index (χ2v) is 4.09. The molecule has 0 N–H and O–H groups in total. The maximum absolute atomic E-state index is 11.3. The van der Waals surface area contributed by atoms with Gasteiger partial charge in [-0.2, -0.15) is 0 Å². The summed E-state index contributed by atoms with van der Waals surface area (Å²) in [5, 5.41) is 0. The Hall–Kier alpha value is -0.900. The maximum atomic E-state index is 11.3. The molecule has 0 aromatic rings. The van der Waals surface area contributed by atoms with Crippen LogP contribution < -0.4 is 0 Å². The molecule has 1 rings (SSSR count). The van der Waals surface area contributed by atoms with Crippen molar-refractivity contribution in [1.82, 2.24) is 0 Å². The number of esters is 1. The summed E-state index contributed by atoms with van der Waals surface area (Å²) < 4.78 is 10.3. The van der Waals surface area contributed by atoms with E-state index in [2.05, 4.69) is 4.74 Å². The van der Waals surface area contributed by atoms with Crippen LogP contribution in [0.3, 0.4) is 0 Å². The summed E-state index contributed by atoms with van der Waals surface area (Å²) in [7, 11) is 1.38. The standard InChI is InChI=1S/C11H18O4/c1-7(12)6-9-4-5-10(15-9)8(2)11(13)14-3/h8-10H,4-6H2,1-3H3/t8-,9+,10+/m0/s1. The van der Waals surface area contributed by atoms with Crippen molar-refractivity contribution in [2.24, 2.45) is 5.92 Å². The molecular weight excluding hydrogens is 196 g/mol. The highest BCUT2D eigenvalue weighted by Crippen LogP contribution is 2.27. The van der Waals surface area contributed by atoms with Crippen LogP contribution in [0.4, 0.5) is 0 Å². The largest absolute Gasteiger partial charge is 0.469 e. The number of methoxy groups -OCH3 is 1. The van der Waals surface area contributed by atoms with E-state index in [0.717, 1.165) is 12.8 Å². The fraction of sp³-hybridized carbons (Fsp3) is 0.818. The van der Waals surface area contributed by atoms with Crippen LogP contribution in [0.5, 0.6) is 0 Å². The zero-order valence-corrected chi connectivity index (χ0v) is 9.49. The highest BCUT2D eigenvalue weighted by atomic mass is 16.5. The molecule has 0 amide bonds. The number of carbonyl (C=O) groups is 2. The molecular formula is C11H18O4. The van der Waals surface area contributed by atoms with Crippen LogP contribution >= 0.6 is 0 Å². The lowest BCUT2D eigenvalue weighted by molar-refractivity contribution is -0.149. The van der Waals surface area contributed by atoms with E-state index in [0.29, 0.717) is 6.42 Å². The second-order valence-electron chi connectivity index (χ2n) is 4.09. The van der Waals surface area contributed by atoms with E-state index in [1.807, 2.05) is 0 Å². The molecule has 1 aliphatic heterocycles. The summed E-state index contributed by atoms with van der Waals surface area (Å²) in [4.78, 5) is 22.2. The van der Waals surface area contributed by atoms with Crippen LogP contribution in [0, 0.1) is 5.92 Å². The molecule has 0 radical (unpaired) electrons. The second kappa shape index (κ2) is 5.26. The van der Waals surface area contributed by atoms with Crippen molar-refractivity contribution in [1.29, 1.82) is 0 Å². The van der Waals surface area contributed by atoms with E-state index in [9.17, 15) is 9.59 Å². The number of hydrogen-bond acceptors (Lipinski definition) is 4. The Morgan fingerprint density at radius 3 is 2.67 bits per heavy atom. The van der Waals surface area contributed by atoms with Gasteiger partial charge in [0, 0.05) is 6.42 Å². The van der Waals surface area contributed by atoms with Gasteiger partial charge >= 0.3 is 5.97 Å². The SMILES string of the molecule is COC(=O)[C@@H](C)[C@H]1CC[C@H](CC(C)=O)O1. The molecule has 4 nitrogen and oxygen atoms in total. The zero-order chi connectivity index (χ0) is 11.4. The lowest BCUT2D eigenvalue weighted by Gasteiger charge is -2.17. The minimum atomic E-state index is -0.247. The average Bonchev–Trinajstić information content (AvgIpc) is 2.63. The van der Waals surface area contributed by atoms with Crippen molar-refractivity contribution >= 4 is 11.8 Å². The zero-order valence-electron chi connectivity index (χ0n) is 9.49. The molecule has 1 fully saturated rings. The van der Waals surface area contributed by atoms with Crippen LogP contribution in [0.1, 0.15) is 33.1 Å². The first-order valence-electron chi connectivity index (χ1n) is 5.27. The van der Waals surface area contributed by atoms with Crippen LogP contribution in [0.2, 0.25) is 0 Å². The van der Waals surface area contributed by atoms with Crippen LogP contribution in [-0.4, -0.2) is 31.1 Å².